The zero-order valence-electron chi connectivity index (χ0n) is 9.53. The van der Waals surface area contributed by atoms with Crippen LogP contribution in [0.4, 0.5) is 0 Å². The molecule has 0 amide bonds. The number of hydrogen-bond acceptors (Lipinski definition) is 1. The average Bonchev–Trinajstić information content (AvgIpc) is 2.19. The Labute approximate surface area is 90.4 Å². The van der Waals surface area contributed by atoms with E-state index in [0.717, 1.165) is 17.7 Å². The van der Waals surface area contributed by atoms with Crippen LogP contribution in [0.5, 0.6) is 0 Å². The maximum absolute atomic E-state index is 11.1. The number of hydrogen-bond donors (Lipinski definition) is 1. The molecule has 1 rings (SSSR count). The predicted molar refractivity (Wildman–Crippen MR) is 57.7 cm³/mol. The minimum Gasteiger partial charge on any atom is -0.476 e. The van der Waals surface area contributed by atoms with Crippen LogP contribution in [0, 0.1) is 13.8 Å². The second-order valence-electron chi connectivity index (χ2n) is 3.83. The second kappa shape index (κ2) is 4.91. The second-order valence-corrected chi connectivity index (χ2v) is 3.83. The lowest BCUT2D eigenvalue weighted by Gasteiger charge is -2.09. The van der Waals surface area contributed by atoms with Crippen molar-refractivity contribution < 1.29 is 14.5 Å². The number of carbonyl (C=O) groups is 1. The van der Waals surface area contributed by atoms with Crippen LogP contribution in [0.15, 0.2) is 18.3 Å². The predicted octanol–water partition coefficient (Wildman–Crippen LogP) is 2.02. The maximum Gasteiger partial charge on any atom is 0.373 e. The normalized spacial score (nSPS) is 12.5. The lowest BCUT2D eigenvalue weighted by molar-refractivity contribution is -0.717. The highest BCUT2D eigenvalue weighted by atomic mass is 16.4. The first-order valence-electron chi connectivity index (χ1n) is 5.28. The third-order valence-electron chi connectivity index (χ3n) is 2.73. The molecular weight excluding hydrogens is 190 g/mol. The molecule has 0 saturated heterocycles. The van der Waals surface area contributed by atoms with Crippen molar-refractivity contribution in [2.45, 2.75) is 39.7 Å². The molecule has 3 nitrogen and oxygen atoms in total. The summed E-state index contributed by atoms with van der Waals surface area (Å²) in [5.41, 5.74) is 2.15. The van der Waals surface area contributed by atoms with Gasteiger partial charge in [0.15, 0.2) is 11.9 Å². The van der Waals surface area contributed by atoms with Gasteiger partial charge in [0, 0.05) is 25.0 Å². The molecule has 1 aromatic heterocycles. The zero-order chi connectivity index (χ0) is 11.4. The van der Waals surface area contributed by atoms with Crippen molar-refractivity contribution in [3.63, 3.8) is 0 Å². The van der Waals surface area contributed by atoms with Crippen LogP contribution in [-0.2, 0) is 4.79 Å². The molecule has 82 valence electrons. The van der Waals surface area contributed by atoms with Crippen LogP contribution in [0.1, 0.15) is 37.1 Å². The van der Waals surface area contributed by atoms with E-state index in [9.17, 15) is 4.79 Å². The van der Waals surface area contributed by atoms with E-state index in [4.69, 9.17) is 5.11 Å². The quantitative estimate of drug-likeness (QED) is 0.769. The van der Waals surface area contributed by atoms with Gasteiger partial charge < -0.3 is 5.11 Å². The summed E-state index contributed by atoms with van der Waals surface area (Å²) in [6.07, 6.45) is 3.39. The Balaban J connectivity index is 3.11. The molecule has 3 heteroatoms. The van der Waals surface area contributed by atoms with Crippen LogP contribution in [0.25, 0.3) is 0 Å². The van der Waals surface area contributed by atoms with Gasteiger partial charge in [-0.05, 0) is 19.4 Å². The fourth-order valence-corrected chi connectivity index (χ4v) is 1.71. The van der Waals surface area contributed by atoms with E-state index in [1.165, 1.54) is 0 Å². The third kappa shape index (κ3) is 2.55. The monoisotopic (exact) mass is 208 g/mol. The number of aliphatic carboxylic acids is 1. The van der Waals surface area contributed by atoms with Gasteiger partial charge in [-0.25, -0.2) is 4.79 Å². The van der Waals surface area contributed by atoms with E-state index in [-0.39, 0.29) is 0 Å². The van der Waals surface area contributed by atoms with Crippen LogP contribution in [0.2, 0.25) is 0 Å². The fourth-order valence-electron chi connectivity index (χ4n) is 1.71. The Kier molecular flexibility index (Phi) is 3.83. The number of carboxylic acid groups (broad SMARTS) is 1. The van der Waals surface area contributed by atoms with Gasteiger partial charge in [-0.2, -0.15) is 4.57 Å². The number of carboxylic acids is 1. The molecule has 0 fully saturated rings. The summed E-state index contributed by atoms with van der Waals surface area (Å²) >= 11 is 0. The summed E-state index contributed by atoms with van der Waals surface area (Å²) in [5, 5.41) is 9.15. The van der Waals surface area contributed by atoms with Crippen LogP contribution >= 0.6 is 0 Å². The smallest absolute Gasteiger partial charge is 0.373 e. The molecule has 15 heavy (non-hydrogen) atoms. The molecule has 0 radical (unpaired) electrons. The molecular formula is C12H18NO2+. The van der Waals surface area contributed by atoms with Crippen molar-refractivity contribution in [2.75, 3.05) is 0 Å². The van der Waals surface area contributed by atoms with Crippen LogP contribution in [-0.4, -0.2) is 11.1 Å². The summed E-state index contributed by atoms with van der Waals surface area (Å²) in [5.74, 6) is -0.754. The molecule has 0 aromatic carbocycles. The molecule has 0 bridgehead atoms. The zero-order valence-corrected chi connectivity index (χ0v) is 9.53. The maximum atomic E-state index is 11.1. The molecule has 1 atom stereocenters. The lowest BCUT2D eigenvalue weighted by atomic mass is 10.1. The molecule has 1 unspecified atom stereocenters. The van der Waals surface area contributed by atoms with Gasteiger partial charge in [0.05, 0.1) is 0 Å². The van der Waals surface area contributed by atoms with Gasteiger partial charge in [0.2, 0.25) is 0 Å². The van der Waals surface area contributed by atoms with Crippen molar-refractivity contribution in [3.8, 4) is 0 Å². The first-order chi connectivity index (χ1) is 7.07. The minimum atomic E-state index is -0.754. The van der Waals surface area contributed by atoms with E-state index in [1.54, 1.807) is 0 Å². The molecule has 0 aliphatic rings. The number of rotatable bonds is 4. The van der Waals surface area contributed by atoms with Crippen molar-refractivity contribution in [1.82, 2.24) is 0 Å². The summed E-state index contributed by atoms with van der Waals surface area (Å²) in [7, 11) is 0. The third-order valence-corrected chi connectivity index (χ3v) is 2.73. The topological polar surface area (TPSA) is 41.2 Å². The van der Waals surface area contributed by atoms with Gasteiger partial charge in [-0.3, -0.25) is 0 Å². The van der Waals surface area contributed by atoms with E-state index in [0.29, 0.717) is 6.42 Å². The van der Waals surface area contributed by atoms with E-state index < -0.39 is 12.0 Å². The van der Waals surface area contributed by atoms with Gasteiger partial charge >= 0.3 is 5.97 Å². The Morgan fingerprint density at radius 1 is 1.53 bits per heavy atom. The van der Waals surface area contributed by atoms with Crippen molar-refractivity contribution in [1.29, 1.82) is 0 Å². The van der Waals surface area contributed by atoms with E-state index in [2.05, 4.69) is 0 Å². The highest BCUT2D eigenvalue weighted by Crippen LogP contribution is 2.09. The molecule has 1 N–H and O–H groups in total. The fraction of sp³-hybridized carbons (Fsp3) is 0.500. The van der Waals surface area contributed by atoms with Crippen LogP contribution < -0.4 is 4.57 Å². The standard InChI is InChI=1S/C12H17NO2/c1-4-6-11(12(14)15)13-8-5-7-9(2)10(13)3/h5,7-8,11H,4,6H2,1-3H3/p+1. The van der Waals surface area contributed by atoms with E-state index >= 15 is 0 Å². The van der Waals surface area contributed by atoms with Crippen molar-refractivity contribution in [3.05, 3.63) is 29.6 Å². The summed E-state index contributed by atoms with van der Waals surface area (Å²) in [6.45, 7) is 5.96. The number of nitrogens with zero attached hydrogens (tertiary/aromatic N) is 1. The molecule has 0 saturated carbocycles. The number of aromatic nitrogens is 1. The van der Waals surface area contributed by atoms with Gasteiger partial charge in [0.1, 0.15) is 0 Å². The largest absolute Gasteiger partial charge is 0.476 e. The lowest BCUT2D eigenvalue weighted by Crippen LogP contribution is -2.46. The van der Waals surface area contributed by atoms with Crippen molar-refractivity contribution in [2.24, 2.45) is 0 Å². The van der Waals surface area contributed by atoms with Crippen LogP contribution in [0.3, 0.4) is 0 Å². The Bertz CT molecular complexity index is 361. The molecule has 0 spiro atoms. The molecule has 0 aliphatic heterocycles. The summed E-state index contributed by atoms with van der Waals surface area (Å²) in [6, 6.07) is 3.46. The van der Waals surface area contributed by atoms with Gasteiger partial charge in [-0.1, -0.05) is 6.92 Å². The Morgan fingerprint density at radius 3 is 2.73 bits per heavy atom. The van der Waals surface area contributed by atoms with Gasteiger partial charge in [0.25, 0.3) is 6.04 Å². The number of aryl methyl sites for hydroxylation is 1. The molecule has 1 heterocycles. The Hall–Kier alpha value is -1.38. The van der Waals surface area contributed by atoms with E-state index in [1.807, 2.05) is 43.7 Å². The van der Waals surface area contributed by atoms with Gasteiger partial charge in [-0.15, -0.1) is 0 Å². The minimum absolute atomic E-state index is 0.435. The average molecular weight is 208 g/mol. The first-order valence-corrected chi connectivity index (χ1v) is 5.28. The van der Waals surface area contributed by atoms with Crippen molar-refractivity contribution >= 4 is 5.97 Å². The number of pyridine rings is 1. The Morgan fingerprint density at radius 2 is 2.20 bits per heavy atom. The first kappa shape index (κ1) is 11.7. The highest BCUT2D eigenvalue weighted by molar-refractivity contribution is 5.69. The molecule has 0 aliphatic carbocycles. The SMILES string of the molecule is CCCC(C(=O)O)[n+]1cccc(C)c1C. The molecule has 1 aromatic rings. The summed E-state index contributed by atoms with van der Waals surface area (Å²) < 4.78 is 1.85. The summed E-state index contributed by atoms with van der Waals surface area (Å²) in [4.78, 5) is 11.1. The highest BCUT2D eigenvalue weighted by Gasteiger charge is 2.27.